The maximum Gasteiger partial charge on any atom is 0.263 e. The number of anilines is 1. The highest BCUT2D eigenvalue weighted by Gasteiger charge is 2.09. The highest BCUT2D eigenvalue weighted by atomic mass is 32.1. The number of hydrogen-bond acceptors (Lipinski definition) is 4. The Hall–Kier alpha value is -1.88. The molecule has 0 aliphatic rings. The highest BCUT2D eigenvalue weighted by molar-refractivity contribution is 7.13. The Kier molecular flexibility index (Phi) is 3.62. The molecular formula is C13H15N3OS. The van der Waals surface area contributed by atoms with Crippen molar-refractivity contribution >= 4 is 22.9 Å². The summed E-state index contributed by atoms with van der Waals surface area (Å²) in [6, 6.07) is 5.71. The molecule has 0 unspecified atom stereocenters. The second-order valence-corrected chi connectivity index (χ2v) is 5.29. The molecule has 0 radical (unpaired) electrons. The number of aromatic nitrogens is 1. The van der Waals surface area contributed by atoms with Crippen molar-refractivity contribution in [2.45, 2.75) is 20.4 Å². The zero-order chi connectivity index (χ0) is 13.1. The third kappa shape index (κ3) is 2.68. The minimum atomic E-state index is -0.0950. The number of carbonyl (C=O) groups is 1. The number of aryl methyl sites for hydroxylation is 1. The van der Waals surface area contributed by atoms with Crippen LogP contribution in [0.3, 0.4) is 0 Å². The molecule has 4 nitrogen and oxygen atoms in total. The first-order valence-electron chi connectivity index (χ1n) is 5.62. The maximum atomic E-state index is 11.9. The van der Waals surface area contributed by atoms with Gasteiger partial charge < -0.3 is 11.1 Å². The van der Waals surface area contributed by atoms with Gasteiger partial charge in [0.25, 0.3) is 5.91 Å². The minimum Gasteiger partial charge on any atom is -0.399 e. The molecule has 0 aliphatic heterocycles. The van der Waals surface area contributed by atoms with Crippen molar-refractivity contribution < 1.29 is 4.79 Å². The summed E-state index contributed by atoms with van der Waals surface area (Å²) in [5, 5.41) is 3.76. The van der Waals surface area contributed by atoms with Crippen LogP contribution in [0.4, 0.5) is 5.69 Å². The van der Waals surface area contributed by atoms with Crippen LogP contribution < -0.4 is 11.1 Å². The Bertz CT molecular complexity index is 577. The Morgan fingerprint density at radius 3 is 2.89 bits per heavy atom. The Labute approximate surface area is 110 Å². The zero-order valence-corrected chi connectivity index (χ0v) is 11.2. The second kappa shape index (κ2) is 5.18. The van der Waals surface area contributed by atoms with E-state index in [0.717, 1.165) is 21.8 Å². The van der Waals surface area contributed by atoms with E-state index in [1.807, 2.05) is 32.0 Å². The maximum absolute atomic E-state index is 11.9. The first kappa shape index (κ1) is 12.6. The number of hydrogen-bond donors (Lipinski definition) is 2. The van der Waals surface area contributed by atoms with Gasteiger partial charge in [0, 0.05) is 12.2 Å². The molecule has 0 bridgehead atoms. The number of carbonyl (C=O) groups excluding carboxylic acids is 1. The van der Waals surface area contributed by atoms with Crippen LogP contribution in [0.25, 0.3) is 0 Å². The van der Waals surface area contributed by atoms with E-state index in [9.17, 15) is 4.79 Å². The number of thiazole rings is 1. The van der Waals surface area contributed by atoms with Crippen molar-refractivity contribution in [1.82, 2.24) is 10.3 Å². The van der Waals surface area contributed by atoms with Crippen molar-refractivity contribution in [2.24, 2.45) is 0 Å². The van der Waals surface area contributed by atoms with Crippen molar-refractivity contribution in [3.63, 3.8) is 0 Å². The predicted molar refractivity (Wildman–Crippen MR) is 73.6 cm³/mol. The lowest BCUT2D eigenvalue weighted by Gasteiger charge is -2.08. The quantitative estimate of drug-likeness (QED) is 0.833. The predicted octanol–water partition coefficient (Wildman–Crippen LogP) is 2.27. The average Bonchev–Trinajstić information content (AvgIpc) is 2.77. The molecule has 3 N–H and O–H groups in total. The van der Waals surface area contributed by atoms with Crippen LogP contribution >= 0.6 is 11.3 Å². The topological polar surface area (TPSA) is 68.0 Å². The largest absolute Gasteiger partial charge is 0.399 e. The van der Waals surface area contributed by atoms with Gasteiger partial charge in [0.15, 0.2) is 0 Å². The highest BCUT2D eigenvalue weighted by Crippen LogP contribution is 2.16. The third-order valence-electron chi connectivity index (χ3n) is 2.77. The number of benzene rings is 1. The fourth-order valence-electron chi connectivity index (χ4n) is 1.62. The Morgan fingerprint density at radius 2 is 2.22 bits per heavy atom. The van der Waals surface area contributed by atoms with E-state index < -0.39 is 0 Å². The molecule has 1 amide bonds. The van der Waals surface area contributed by atoms with Crippen molar-refractivity contribution in [3.8, 4) is 0 Å². The first-order valence-corrected chi connectivity index (χ1v) is 6.44. The van der Waals surface area contributed by atoms with Crippen LogP contribution in [0.15, 0.2) is 24.4 Å². The Balaban J connectivity index is 2.04. The van der Waals surface area contributed by atoms with Crippen LogP contribution in [0.2, 0.25) is 0 Å². The van der Waals surface area contributed by atoms with E-state index in [4.69, 9.17) is 5.73 Å². The van der Waals surface area contributed by atoms with Crippen LogP contribution in [0.1, 0.15) is 25.8 Å². The molecule has 0 aliphatic carbocycles. The molecule has 94 valence electrons. The van der Waals surface area contributed by atoms with Crippen molar-refractivity contribution in [2.75, 3.05) is 5.73 Å². The normalized spacial score (nSPS) is 10.3. The summed E-state index contributed by atoms with van der Waals surface area (Å²) in [5.74, 6) is -0.0950. The lowest BCUT2D eigenvalue weighted by atomic mass is 10.1. The molecule has 0 spiro atoms. The fraction of sp³-hybridized carbons (Fsp3) is 0.231. The summed E-state index contributed by atoms with van der Waals surface area (Å²) in [5.41, 5.74) is 8.61. The molecule has 0 fully saturated rings. The van der Waals surface area contributed by atoms with Gasteiger partial charge >= 0.3 is 0 Å². The summed E-state index contributed by atoms with van der Waals surface area (Å²) in [6.07, 6.45) is 1.60. The molecule has 0 saturated heterocycles. The summed E-state index contributed by atoms with van der Waals surface area (Å²) in [6.45, 7) is 4.31. The molecule has 5 heteroatoms. The van der Waals surface area contributed by atoms with Gasteiger partial charge in [0.2, 0.25) is 0 Å². The lowest BCUT2D eigenvalue weighted by molar-refractivity contribution is 0.0954. The molecule has 1 aromatic heterocycles. The van der Waals surface area contributed by atoms with Gasteiger partial charge in [-0.05, 0) is 31.0 Å². The van der Waals surface area contributed by atoms with Gasteiger partial charge in [-0.3, -0.25) is 4.79 Å². The summed E-state index contributed by atoms with van der Waals surface area (Å²) >= 11 is 1.39. The van der Waals surface area contributed by atoms with E-state index in [1.54, 1.807) is 6.20 Å². The number of amides is 1. The summed E-state index contributed by atoms with van der Waals surface area (Å²) in [4.78, 5) is 16.6. The minimum absolute atomic E-state index is 0.0950. The molecule has 0 saturated carbocycles. The van der Waals surface area contributed by atoms with Gasteiger partial charge in [-0.2, -0.15) is 0 Å². The number of rotatable bonds is 3. The molecule has 2 rings (SSSR count). The zero-order valence-electron chi connectivity index (χ0n) is 10.4. The molecular weight excluding hydrogens is 246 g/mol. The van der Waals surface area contributed by atoms with E-state index >= 15 is 0 Å². The monoisotopic (exact) mass is 261 g/mol. The van der Waals surface area contributed by atoms with Gasteiger partial charge in [-0.1, -0.05) is 12.1 Å². The second-order valence-electron chi connectivity index (χ2n) is 4.06. The summed E-state index contributed by atoms with van der Waals surface area (Å²) < 4.78 is 0. The van der Waals surface area contributed by atoms with E-state index in [-0.39, 0.29) is 5.91 Å². The lowest BCUT2D eigenvalue weighted by Crippen LogP contribution is -2.22. The molecule has 1 heterocycles. The smallest absolute Gasteiger partial charge is 0.263 e. The molecule has 1 aromatic carbocycles. The van der Waals surface area contributed by atoms with Crippen LogP contribution in [-0.2, 0) is 6.54 Å². The standard InChI is InChI=1S/C13H15N3OS/c1-8-10(4-3-5-11(8)14)6-16-13(17)12-7-15-9(2)18-12/h3-5,7H,6,14H2,1-2H3,(H,16,17). The van der Waals surface area contributed by atoms with Gasteiger partial charge in [0.05, 0.1) is 11.2 Å². The van der Waals surface area contributed by atoms with E-state index in [2.05, 4.69) is 10.3 Å². The van der Waals surface area contributed by atoms with Crippen LogP contribution in [-0.4, -0.2) is 10.9 Å². The third-order valence-corrected chi connectivity index (χ3v) is 3.68. The van der Waals surface area contributed by atoms with Gasteiger partial charge in [0.1, 0.15) is 4.88 Å². The first-order chi connectivity index (χ1) is 8.58. The fourth-order valence-corrected chi connectivity index (χ4v) is 2.32. The number of nitrogens with two attached hydrogens (primary N) is 1. The van der Waals surface area contributed by atoms with Crippen LogP contribution in [0.5, 0.6) is 0 Å². The van der Waals surface area contributed by atoms with Crippen molar-refractivity contribution in [1.29, 1.82) is 0 Å². The van der Waals surface area contributed by atoms with E-state index in [0.29, 0.717) is 11.4 Å². The molecule has 18 heavy (non-hydrogen) atoms. The number of nitrogen functional groups attached to an aromatic ring is 1. The molecule has 2 aromatic rings. The van der Waals surface area contributed by atoms with E-state index in [1.165, 1.54) is 11.3 Å². The average molecular weight is 261 g/mol. The van der Waals surface area contributed by atoms with Crippen LogP contribution in [0, 0.1) is 13.8 Å². The van der Waals surface area contributed by atoms with Crippen molar-refractivity contribution in [3.05, 3.63) is 45.4 Å². The summed E-state index contributed by atoms with van der Waals surface area (Å²) in [7, 11) is 0. The molecule has 0 atom stereocenters. The van der Waals surface area contributed by atoms with Gasteiger partial charge in [-0.25, -0.2) is 4.98 Å². The Morgan fingerprint density at radius 1 is 1.44 bits per heavy atom. The number of nitrogens with one attached hydrogen (secondary N) is 1. The van der Waals surface area contributed by atoms with Gasteiger partial charge in [-0.15, -0.1) is 11.3 Å². The SMILES string of the molecule is Cc1ncc(C(=O)NCc2cccc(N)c2C)s1. The number of nitrogens with zero attached hydrogens (tertiary/aromatic N) is 1.